The number of halogens is 1. The Balaban J connectivity index is 2.89. The summed E-state index contributed by atoms with van der Waals surface area (Å²) < 4.78 is 0. The van der Waals surface area contributed by atoms with Gasteiger partial charge in [-0.15, -0.1) is 0 Å². The van der Waals surface area contributed by atoms with E-state index < -0.39 is 0 Å². The lowest BCUT2D eigenvalue weighted by molar-refractivity contribution is 0.739. The van der Waals surface area contributed by atoms with Crippen molar-refractivity contribution < 1.29 is 0 Å². The highest BCUT2D eigenvalue weighted by atomic mass is 35.5. The Morgan fingerprint density at radius 2 is 2.00 bits per heavy atom. The van der Waals surface area contributed by atoms with Crippen LogP contribution in [0.4, 0.5) is 0 Å². The number of rotatable bonds is 1. The molecular weight excluding hydrogens is 150 g/mol. The Morgan fingerprint density at radius 3 is 2.40 bits per heavy atom. The van der Waals surface area contributed by atoms with Crippen LogP contribution in [0.25, 0.3) is 0 Å². The first-order chi connectivity index (χ1) is 4.70. The zero-order valence-electron chi connectivity index (χ0n) is 5.58. The molecule has 0 saturated heterocycles. The van der Waals surface area contributed by atoms with Gasteiger partial charge in [-0.3, -0.25) is 0 Å². The fourth-order valence-corrected chi connectivity index (χ4v) is 0.655. The number of hydrogen-bond donors (Lipinski definition) is 1. The summed E-state index contributed by atoms with van der Waals surface area (Å²) in [6.45, 7) is 1.82. The highest BCUT2D eigenvalue weighted by Gasteiger charge is 2.00. The molecule has 54 valence electrons. The molecule has 1 aromatic rings. The average molecular weight is 158 g/mol. The van der Waals surface area contributed by atoms with Crippen LogP contribution in [-0.2, 0) is 0 Å². The van der Waals surface area contributed by atoms with E-state index in [0.717, 1.165) is 0 Å². The smallest absolute Gasteiger partial charge is 0.144 e. The summed E-state index contributed by atoms with van der Waals surface area (Å²) in [7, 11) is 0. The van der Waals surface area contributed by atoms with Gasteiger partial charge in [-0.25, -0.2) is 9.97 Å². The van der Waals surface area contributed by atoms with Crippen LogP contribution in [0.3, 0.4) is 0 Å². The van der Waals surface area contributed by atoms with E-state index in [-0.39, 0.29) is 6.04 Å². The van der Waals surface area contributed by atoms with Gasteiger partial charge in [0.1, 0.15) is 5.82 Å². The molecule has 0 fully saturated rings. The monoisotopic (exact) mass is 157 g/mol. The van der Waals surface area contributed by atoms with Gasteiger partial charge in [0.25, 0.3) is 0 Å². The van der Waals surface area contributed by atoms with Crippen LogP contribution >= 0.6 is 11.6 Å². The van der Waals surface area contributed by atoms with Crippen molar-refractivity contribution in [2.24, 2.45) is 5.73 Å². The van der Waals surface area contributed by atoms with Crippen molar-refractivity contribution in [3.05, 3.63) is 23.2 Å². The van der Waals surface area contributed by atoms with Crippen molar-refractivity contribution in [1.82, 2.24) is 9.97 Å². The van der Waals surface area contributed by atoms with E-state index in [9.17, 15) is 0 Å². The van der Waals surface area contributed by atoms with Gasteiger partial charge in [0.05, 0.1) is 11.1 Å². The summed E-state index contributed by atoms with van der Waals surface area (Å²) in [6, 6.07) is -0.128. The standard InChI is InChI=1S/C6H8ClN3/c1-4(8)6-9-2-5(7)3-10-6/h2-4H,8H2,1H3/t4-/m0/s1. The molecular formula is C6H8ClN3. The minimum atomic E-state index is -0.128. The van der Waals surface area contributed by atoms with Gasteiger partial charge >= 0.3 is 0 Å². The molecule has 0 spiro atoms. The van der Waals surface area contributed by atoms with Crippen LogP contribution in [-0.4, -0.2) is 9.97 Å². The lowest BCUT2D eigenvalue weighted by Gasteiger charge is -2.00. The molecule has 0 amide bonds. The summed E-state index contributed by atoms with van der Waals surface area (Å²) in [5.74, 6) is 0.615. The lowest BCUT2D eigenvalue weighted by atomic mass is 10.3. The third kappa shape index (κ3) is 1.65. The second-order valence-electron chi connectivity index (χ2n) is 2.05. The average Bonchev–Trinajstić information content (AvgIpc) is 1.88. The van der Waals surface area contributed by atoms with E-state index >= 15 is 0 Å². The molecule has 0 unspecified atom stereocenters. The Kier molecular flexibility index (Phi) is 2.19. The molecule has 0 saturated carbocycles. The molecule has 0 bridgehead atoms. The summed E-state index contributed by atoms with van der Waals surface area (Å²) in [5.41, 5.74) is 5.50. The molecule has 1 aromatic heterocycles. The first-order valence-electron chi connectivity index (χ1n) is 2.93. The van der Waals surface area contributed by atoms with Crippen molar-refractivity contribution in [2.75, 3.05) is 0 Å². The Morgan fingerprint density at radius 1 is 1.50 bits per heavy atom. The quantitative estimate of drug-likeness (QED) is 0.666. The van der Waals surface area contributed by atoms with Crippen LogP contribution in [0.2, 0.25) is 5.02 Å². The number of hydrogen-bond acceptors (Lipinski definition) is 3. The molecule has 0 aliphatic rings. The zero-order chi connectivity index (χ0) is 7.56. The largest absolute Gasteiger partial charge is 0.322 e. The first-order valence-corrected chi connectivity index (χ1v) is 3.31. The maximum Gasteiger partial charge on any atom is 0.144 e. The topological polar surface area (TPSA) is 51.8 Å². The van der Waals surface area contributed by atoms with Gasteiger partial charge in [-0.1, -0.05) is 11.6 Å². The van der Waals surface area contributed by atoms with E-state index in [1.54, 1.807) is 0 Å². The van der Waals surface area contributed by atoms with Gasteiger partial charge < -0.3 is 5.73 Å². The molecule has 1 rings (SSSR count). The number of nitrogens with two attached hydrogens (primary N) is 1. The van der Waals surface area contributed by atoms with Gasteiger partial charge in [-0.05, 0) is 6.92 Å². The van der Waals surface area contributed by atoms with Crippen molar-refractivity contribution in [2.45, 2.75) is 13.0 Å². The maximum atomic E-state index is 5.55. The van der Waals surface area contributed by atoms with Gasteiger partial charge in [-0.2, -0.15) is 0 Å². The van der Waals surface area contributed by atoms with E-state index in [1.165, 1.54) is 12.4 Å². The molecule has 1 heterocycles. The Bertz CT molecular complexity index is 207. The molecule has 10 heavy (non-hydrogen) atoms. The van der Waals surface area contributed by atoms with Gasteiger partial charge in [0, 0.05) is 12.4 Å². The second-order valence-corrected chi connectivity index (χ2v) is 2.48. The summed E-state index contributed by atoms with van der Waals surface area (Å²) in [6.07, 6.45) is 3.07. The number of nitrogens with zero attached hydrogens (tertiary/aromatic N) is 2. The highest BCUT2D eigenvalue weighted by Crippen LogP contribution is 2.06. The predicted octanol–water partition coefficient (Wildman–Crippen LogP) is 1.15. The normalized spacial score (nSPS) is 13.1. The minimum absolute atomic E-state index is 0.128. The molecule has 4 heteroatoms. The molecule has 3 nitrogen and oxygen atoms in total. The molecule has 0 aliphatic heterocycles. The zero-order valence-corrected chi connectivity index (χ0v) is 6.34. The SMILES string of the molecule is C[C@H](N)c1ncc(Cl)cn1. The van der Waals surface area contributed by atoms with Crippen LogP contribution < -0.4 is 5.73 Å². The van der Waals surface area contributed by atoms with E-state index in [1.807, 2.05) is 6.92 Å². The highest BCUT2D eigenvalue weighted by molar-refractivity contribution is 6.30. The van der Waals surface area contributed by atoms with Crippen molar-refractivity contribution in [1.29, 1.82) is 0 Å². The molecule has 2 N–H and O–H groups in total. The fourth-order valence-electron chi connectivity index (χ4n) is 0.557. The van der Waals surface area contributed by atoms with E-state index in [0.29, 0.717) is 10.8 Å². The third-order valence-electron chi connectivity index (χ3n) is 1.05. The number of aromatic nitrogens is 2. The Hall–Kier alpha value is -0.670. The summed E-state index contributed by atoms with van der Waals surface area (Å²) in [5, 5.41) is 0.532. The molecule has 1 atom stereocenters. The third-order valence-corrected chi connectivity index (χ3v) is 1.24. The van der Waals surface area contributed by atoms with Crippen LogP contribution in [0.15, 0.2) is 12.4 Å². The first kappa shape index (κ1) is 7.44. The Labute approximate surface area is 64.2 Å². The fraction of sp³-hybridized carbons (Fsp3) is 0.333. The second kappa shape index (κ2) is 2.94. The van der Waals surface area contributed by atoms with Crippen molar-refractivity contribution in [3.63, 3.8) is 0 Å². The van der Waals surface area contributed by atoms with Crippen LogP contribution in [0.1, 0.15) is 18.8 Å². The summed E-state index contributed by atoms with van der Waals surface area (Å²) in [4.78, 5) is 7.82. The molecule has 0 radical (unpaired) electrons. The van der Waals surface area contributed by atoms with E-state index in [2.05, 4.69) is 9.97 Å². The minimum Gasteiger partial charge on any atom is -0.322 e. The molecule has 0 aliphatic carbocycles. The van der Waals surface area contributed by atoms with Gasteiger partial charge in [0.15, 0.2) is 0 Å². The molecule has 0 aromatic carbocycles. The van der Waals surface area contributed by atoms with E-state index in [4.69, 9.17) is 17.3 Å². The maximum absolute atomic E-state index is 5.55. The van der Waals surface area contributed by atoms with Gasteiger partial charge in [0.2, 0.25) is 0 Å². The lowest BCUT2D eigenvalue weighted by Crippen LogP contribution is -2.08. The van der Waals surface area contributed by atoms with Crippen LogP contribution in [0, 0.1) is 0 Å². The summed E-state index contributed by atoms with van der Waals surface area (Å²) >= 11 is 5.55. The predicted molar refractivity (Wildman–Crippen MR) is 39.6 cm³/mol. The van der Waals surface area contributed by atoms with Crippen molar-refractivity contribution in [3.8, 4) is 0 Å². The van der Waals surface area contributed by atoms with Crippen molar-refractivity contribution >= 4 is 11.6 Å². The van der Waals surface area contributed by atoms with Crippen LogP contribution in [0.5, 0.6) is 0 Å².